The Kier molecular flexibility index (Phi) is 3.14. The number of ether oxygens (including phenoxy) is 1. The van der Waals surface area contributed by atoms with Crippen LogP contribution in [0.1, 0.15) is 12.5 Å². The standard InChI is InChI=1S/C11H11NO2/c1-8(13)11(7-12)9-3-5-10(14-2)6-4-9/h3-6,13H,1-2H3/b11-8+. The van der Waals surface area contributed by atoms with Gasteiger partial charge in [-0.15, -0.1) is 0 Å². The Morgan fingerprint density at radius 1 is 1.36 bits per heavy atom. The highest BCUT2D eigenvalue weighted by Gasteiger charge is 2.04. The smallest absolute Gasteiger partial charge is 0.118 e. The van der Waals surface area contributed by atoms with Crippen molar-refractivity contribution in [1.82, 2.24) is 0 Å². The van der Waals surface area contributed by atoms with E-state index < -0.39 is 0 Å². The summed E-state index contributed by atoms with van der Waals surface area (Å²) < 4.78 is 4.98. The average Bonchev–Trinajstić information content (AvgIpc) is 2.19. The summed E-state index contributed by atoms with van der Waals surface area (Å²) in [5.74, 6) is 0.749. The summed E-state index contributed by atoms with van der Waals surface area (Å²) in [6, 6.07) is 8.90. The summed E-state index contributed by atoms with van der Waals surface area (Å²) in [5, 5.41) is 18.0. The predicted molar refractivity (Wildman–Crippen MR) is 53.8 cm³/mol. The molecule has 0 bridgehead atoms. The molecule has 0 unspecified atom stereocenters. The Balaban J connectivity index is 3.10. The second kappa shape index (κ2) is 4.33. The average molecular weight is 189 g/mol. The Morgan fingerprint density at radius 3 is 2.29 bits per heavy atom. The summed E-state index contributed by atoms with van der Waals surface area (Å²) in [5.41, 5.74) is 0.973. The minimum Gasteiger partial charge on any atom is -0.511 e. The quantitative estimate of drug-likeness (QED) is 0.574. The van der Waals surface area contributed by atoms with Gasteiger partial charge in [0, 0.05) is 0 Å². The van der Waals surface area contributed by atoms with E-state index in [1.165, 1.54) is 6.92 Å². The molecular formula is C11H11NO2. The highest BCUT2D eigenvalue weighted by Crippen LogP contribution is 2.19. The maximum absolute atomic E-state index is 9.22. The number of hydrogen-bond acceptors (Lipinski definition) is 3. The number of rotatable bonds is 2. The number of aliphatic hydroxyl groups is 1. The molecule has 14 heavy (non-hydrogen) atoms. The van der Waals surface area contributed by atoms with Gasteiger partial charge in [-0.25, -0.2) is 0 Å². The van der Waals surface area contributed by atoms with E-state index in [0.29, 0.717) is 5.56 Å². The molecule has 0 aliphatic heterocycles. The highest BCUT2D eigenvalue weighted by atomic mass is 16.5. The zero-order chi connectivity index (χ0) is 10.6. The van der Waals surface area contributed by atoms with E-state index >= 15 is 0 Å². The molecule has 0 fully saturated rings. The fourth-order valence-corrected chi connectivity index (χ4v) is 1.11. The number of hydrogen-bond donors (Lipinski definition) is 1. The van der Waals surface area contributed by atoms with Gasteiger partial charge in [0.25, 0.3) is 0 Å². The van der Waals surface area contributed by atoms with Crippen LogP contribution in [0.3, 0.4) is 0 Å². The van der Waals surface area contributed by atoms with Crippen molar-refractivity contribution in [2.45, 2.75) is 6.92 Å². The second-order valence-corrected chi connectivity index (χ2v) is 2.80. The fourth-order valence-electron chi connectivity index (χ4n) is 1.11. The van der Waals surface area contributed by atoms with Gasteiger partial charge in [0.05, 0.1) is 12.7 Å². The minimum absolute atomic E-state index is 0.0256. The highest BCUT2D eigenvalue weighted by molar-refractivity contribution is 5.78. The van der Waals surface area contributed by atoms with Crippen LogP contribution in [0.5, 0.6) is 5.75 Å². The molecule has 1 rings (SSSR count). The SMILES string of the molecule is COc1ccc(/C(C#N)=C(\C)O)cc1. The summed E-state index contributed by atoms with van der Waals surface area (Å²) in [6.45, 7) is 1.49. The lowest BCUT2D eigenvalue weighted by Crippen LogP contribution is -1.87. The minimum atomic E-state index is 0.0256. The lowest BCUT2D eigenvalue weighted by Gasteiger charge is -2.02. The number of nitriles is 1. The van der Waals surface area contributed by atoms with Crippen molar-refractivity contribution in [3.8, 4) is 11.8 Å². The lowest BCUT2D eigenvalue weighted by atomic mass is 10.1. The second-order valence-electron chi connectivity index (χ2n) is 2.80. The number of allylic oxidation sites excluding steroid dienone is 2. The van der Waals surface area contributed by atoms with Crippen LogP contribution in [0.25, 0.3) is 5.57 Å². The van der Waals surface area contributed by atoms with E-state index in [2.05, 4.69) is 0 Å². The molecule has 0 aliphatic carbocycles. The van der Waals surface area contributed by atoms with Crippen LogP contribution < -0.4 is 4.74 Å². The van der Waals surface area contributed by atoms with E-state index in [9.17, 15) is 5.11 Å². The van der Waals surface area contributed by atoms with Gasteiger partial charge in [-0.05, 0) is 36.8 Å². The predicted octanol–water partition coefficient (Wildman–Crippen LogP) is 2.51. The molecule has 0 aromatic heterocycles. The van der Waals surface area contributed by atoms with Crippen LogP contribution in [-0.2, 0) is 0 Å². The van der Waals surface area contributed by atoms with Crippen molar-refractivity contribution in [2.24, 2.45) is 0 Å². The van der Waals surface area contributed by atoms with Gasteiger partial charge in [-0.3, -0.25) is 0 Å². The fraction of sp³-hybridized carbons (Fsp3) is 0.182. The van der Waals surface area contributed by atoms with Crippen molar-refractivity contribution in [3.63, 3.8) is 0 Å². The first kappa shape index (κ1) is 10.1. The Bertz CT molecular complexity index is 381. The lowest BCUT2D eigenvalue weighted by molar-refractivity contribution is 0.414. The molecule has 0 saturated carbocycles. The molecule has 1 aromatic carbocycles. The van der Waals surface area contributed by atoms with Crippen LogP contribution in [0, 0.1) is 11.3 Å². The summed E-state index contributed by atoms with van der Waals surface area (Å²) in [6.07, 6.45) is 0. The zero-order valence-corrected chi connectivity index (χ0v) is 8.11. The molecule has 1 N–H and O–H groups in total. The number of aliphatic hydroxyl groups excluding tert-OH is 1. The monoisotopic (exact) mass is 189 g/mol. The van der Waals surface area contributed by atoms with Crippen molar-refractivity contribution >= 4 is 5.57 Å². The van der Waals surface area contributed by atoms with Crippen molar-refractivity contribution in [1.29, 1.82) is 5.26 Å². The van der Waals surface area contributed by atoms with Gasteiger partial charge in [0.15, 0.2) is 0 Å². The molecule has 0 atom stereocenters. The largest absolute Gasteiger partial charge is 0.511 e. The summed E-state index contributed by atoms with van der Waals surface area (Å²) >= 11 is 0. The molecule has 0 saturated heterocycles. The topological polar surface area (TPSA) is 53.2 Å². The van der Waals surface area contributed by atoms with Crippen molar-refractivity contribution in [2.75, 3.05) is 7.11 Å². The van der Waals surface area contributed by atoms with E-state index in [0.717, 1.165) is 5.75 Å². The Hall–Kier alpha value is -1.95. The van der Waals surface area contributed by atoms with E-state index in [1.54, 1.807) is 31.4 Å². The van der Waals surface area contributed by atoms with Crippen molar-refractivity contribution in [3.05, 3.63) is 35.6 Å². The molecular weight excluding hydrogens is 178 g/mol. The summed E-state index contributed by atoms with van der Waals surface area (Å²) in [7, 11) is 1.58. The Morgan fingerprint density at radius 2 is 1.93 bits per heavy atom. The third-order valence-electron chi connectivity index (χ3n) is 1.85. The van der Waals surface area contributed by atoms with Crippen LogP contribution in [0.4, 0.5) is 0 Å². The normalized spacial score (nSPS) is 11.5. The molecule has 3 heteroatoms. The van der Waals surface area contributed by atoms with Crippen LogP contribution in [0.2, 0.25) is 0 Å². The van der Waals surface area contributed by atoms with Crippen LogP contribution in [-0.4, -0.2) is 12.2 Å². The van der Waals surface area contributed by atoms with E-state index in [4.69, 9.17) is 10.00 Å². The van der Waals surface area contributed by atoms with Gasteiger partial charge in [-0.2, -0.15) is 5.26 Å². The number of nitrogens with zero attached hydrogens (tertiary/aromatic N) is 1. The number of methoxy groups -OCH3 is 1. The van der Waals surface area contributed by atoms with Gasteiger partial charge < -0.3 is 9.84 Å². The van der Waals surface area contributed by atoms with E-state index in [1.807, 2.05) is 6.07 Å². The summed E-state index contributed by atoms with van der Waals surface area (Å²) in [4.78, 5) is 0. The first-order chi connectivity index (χ1) is 6.69. The molecule has 0 radical (unpaired) electrons. The molecule has 0 spiro atoms. The van der Waals surface area contributed by atoms with E-state index in [-0.39, 0.29) is 11.3 Å². The van der Waals surface area contributed by atoms with Gasteiger partial charge in [-0.1, -0.05) is 0 Å². The van der Waals surface area contributed by atoms with Gasteiger partial charge >= 0.3 is 0 Å². The molecule has 0 heterocycles. The maximum Gasteiger partial charge on any atom is 0.118 e. The third-order valence-corrected chi connectivity index (χ3v) is 1.85. The number of benzene rings is 1. The zero-order valence-electron chi connectivity index (χ0n) is 8.11. The first-order valence-electron chi connectivity index (χ1n) is 4.13. The van der Waals surface area contributed by atoms with Crippen LogP contribution >= 0.6 is 0 Å². The molecule has 1 aromatic rings. The maximum atomic E-state index is 9.22. The van der Waals surface area contributed by atoms with Gasteiger partial charge in [0.2, 0.25) is 0 Å². The molecule has 0 amide bonds. The molecule has 3 nitrogen and oxygen atoms in total. The van der Waals surface area contributed by atoms with Crippen LogP contribution in [0.15, 0.2) is 30.0 Å². The molecule has 72 valence electrons. The first-order valence-corrected chi connectivity index (χ1v) is 4.13. The molecule has 0 aliphatic rings. The van der Waals surface area contributed by atoms with Gasteiger partial charge in [0.1, 0.15) is 17.6 Å². The van der Waals surface area contributed by atoms with Crippen molar-refractivity contribution < 1.29 is 9.84 Å². The Labute approximate surface area is 82.9 Å². The third kappa shape index (κ3) is 2.05.